The SMILES string of the molecule is Cc1cc(NC(=O)COC(=O)c2cccc(N3C(=O)[C@@H]4C[C@@H](Cl)[C@@H](Cl)C[C@H]4C3=O)c2)no1. The van der Waals surface area contributed by atoms with Crippen molar-refractivity contribution in [1.82, 2.24) is 5.16 Å². The third-order valence-corrected chi connectivity index (χ3v) is 6.58. The molecule has 11 heteroatoms. The lowest BCUT2D eigenvalue weighted by atomic mass is 9.80. The van der Waals surface area contributed by atoms with Crippen LogP contribution in [0.3, 0.4) is 0 Å². The quantitative estimate of drug-likeness (QED) is 0.397. The van der Waals surface area contributed by atoms with E-state index in [1.165, 1.54) is 24.3 Å². The van der Waals surface area contributed by atoms with Gasteiger partial charge in [0, 0.05) is 6.07 Å². The largest absolute Gasteiger partial charge is 0.452 e. The van der Waals surface area contributed by atoms with Crippen LogP contribution >= 0.6 is 23.2 Å². The zero-order valence-electron chi connectivity index (χ0n) is 16.9. The van der Waals surface area contributed by atoms with Gasteiger partial charge in [0.15, 0.2) is 12.4 Å². The van der Waals surface area contributed by atoms with Crippen molar-refractivity contribution in [2.45, 2.75) is 30.5 Å². The summed E-state index contributed by atoms with van der Waals surface area (Å²) >= 11 is 12.4. The summed E-state index contributed by atoms with van der Waals surface area (Å²) in [5.74, 6) is -2.43. The van der Waals surface area contributed by atoms with Gasteiger partial charge in [0.1, 0.15) is 5.76 Å². The van der Waals surface area contributed by atoms with Crippen LogP contribution in [0.15, 0.2) is 34.9 Å². The van der Waals surface area contributed by atoms with Crippen LogP contribution in [0.4, 0.5) is 11.5 Å². The molecule has 2 fully saturated rings. The molecule has 4 atom stereocenters. The maximum absolute atomic E-state index is 12.9. The molecule has 2 aromatic rings. The van der Waals surface area contributed by atoms with Crippen molar-refractivity contribution >= 4 is 58.4 Å². The summed E-state index contributed by atoms with van der Waals surface area (Å²) in [7, 11) is 0. The summed E-state index contributed by atoms with van der Waals surface area (Å²) in [6.07, 6.45) is 0.646. The predicted molar refractivity (Wildman–Crippen MR) is 115 cm³/mol. The highest BCUT2D eigenvalue weighted by molar-refractivity contribution is 6.31. The number of imide groups is 1. The Morgan fingerprint density at radius 1 is 1.16 bits per heavy atom. The van der Waals surface area contributed by atoms with Crippen molar-refractivity contribution in [3.8, 4) is 0 Å². The molecule has 2 aliphatic rings. The molecule has 0 radical (unpaired) electrons. The van der Waals surface area contributed by atoms with Gasteiger partial charge in [0.05, 0.1) is 33.8 Å². The number of carbonyl (C=O) groups is 4. The highest BCUT2D eigenvalue weighted by atomic mass is 35.5. The fourth-order valence-electron chi connectivity index (χ4n) is 3.94. The molecule has 1 aromatic heterocycles. The normalized spacial score (nSPS) is 24.9. The van der Waals surface area contributed by atoms with Crippen molar-refractivity contribution in [2.75, 3.05) is 16.8 Å². The summed E-state index contributed by atoms with van der Waals surface area (Å²) in [6, 6.07) is 7.45. The number of anilines is 2. The summed E-state index contributed by atoms with van der Waals surface area (Å²) in [5.41, 5.74) is 0.345. The molecule has 2 heterocycles. The molecule has 0 unspecified atom stereocenters. The van der Waals surface area contributed by atoms with Gasteiger partial charge in [0.2, 0.25) is 11.8 Å². The van der Waals surface area contributed by atoms with E-state index in [-0.39, 0.29) is 39.6 Å². The number of nitrogens with one attached hydrogen (secondary N) is 1. The number of rotatable bonds is 5. The third-order valence-electron chi connectivity index (χ3n) is 5.48. The second-order valence-electron chi connectivity index (χ2n) is 7.73. The van der Waals surface area contributed by atoms with Gasteiger partial charge in [-0.05, 0) is 38.0 Å². The molecule has 3 amide bonds. The number of esters is 1. The van der Waals surface area contributed by atoms with Crippen molar-refractivity contribution in [1.29, 1.82) is 0 Å². The number of amides is 3. The predicted octanol–water partition coefficient (Wildman–Crippen LogP) is 2.89. The number of fused-ring (bicyclic) bond motifs is 1. The van der Waals surface area contributed by atoms with Crippen LogP contribution in [0.2, 0.25) is 0 Å². The van der Waals surface area contributed by atoms with Gasteiger partial charge >= 0.3 is 5.97 Å². The molecular weight excluding hydrogens is 461 g/mol. The van der Waals surface area contributed by atoms with Crippen LogP contribution in [-0.2, 0) is 19.1 Å². The Bertz CT molecular complexity index is 1060. The van der Waals surface area contributed by atoms with Crippen molar-refractivity contribution in [2.24, 2.45) is 11.8 Å². The van der Waals surface area contributed by atoms with E-state index in [4.69, 9.17) is 32.5 Å². The van der Waals surface area contributed by atoms with E-state index in [0.717, 1.165) is 4.90 Å². The Hall–Kier alpha value is -2.91. The molecule has 1 N–H and O–H groups in total. The standard InChI is InChI=1S/C21H19Cl2N3O6/c1-10-5-17(25-32-10)24-18(27)9-31-21(30)11-3-2-4-12(6-11)26-19(28)13-7-15(22)16(23)8-14(13)20(26)29/h2-6,13-16H,7-9H2,1H3,(H,24,25,27)/t13-,14-,15-,16+/m1/s1. The highest BCUT2D eigenvalue weighted by Gasteiger charge is 2.52. The lowest BCUT2D eigenvalue weighted by Crippen LogP contribution is -2.34. The fourth-order valence-corrected chi connectivity index (χ4v) is 4.53. The second-order valence-corrected chi connectivity index (χ2v) is 8.85. The van der Waals surface area contributed by atoms with E-state index < -0.39 is 30.3 Å². The van der Waals surface area contributed by atoms with Gasteiger partial charge in [-0.2, -0.15) is 0 Å². The van der Waals surface area contributed by atoms with Crippen LogP contribution in [-0.4, -0.2) is 46.2 Å². The number of hydrogen-bond acceptors (Lipinski definition) is 7. The first-order chi connectivity index (χ1) is 15.2. The molecule has 1 aliphatic carbocycles. The van der Waals surface area contributed by atoms with Gasteiger partial charge in [0.25, 0.3) is 5.91 Å². The molecule has 168 valence electrons. The van der Waals surface area contributed by atoms with Gasteiger partial charge in [-0.1, -0.05) is 11.2 Å². The van der Waals surface area contributed by atoms with E-state index >= 15 is 0 Å². The summed E-state index contributed by atoms with van der Waals surface area (Å²) < 4.78 is 9.87. The number of halogens is 2. The van der Waals surface area contributed by atoms with Gasteiger partial charge < -0.3 is 14.6 Å². The first kappa shape index (κ1) is 22.3. The molecule has 0 spiro atoms. The zero-order chi connectivity index (χ0) is 23.0. The van der Waals surface area contributed by atoms with Crippen molar-refractivity contribution in [3.05, 3.63) is 41.7 Å². The number of aromatic nitrogens is 1. The van der Waals surface area contributed by atoms with E-state index in [0.29, 0.717) is 18.6 Å². The van der Waals surface area contributed by atoms with E-state index in [1.807, 2.05) is 0 Å². The minimum Gasteiger partial charge on any atom is -0.452 e. The fraction of sp³-hybridized carbons (Fsp3) is 0.381. The summed E-state index contributed by atoms with van der Waals surface area (Å²) in [6.45, 7) is 1.12. The molecular formula is C21H19Cl2N3O6. The Balaban J connectivity index is 1.43. The first-order valence-electron chi connectivity index (χ1n) is 9.91. The number of aryl methyl sites for hydroxylation is 1. The van der Waals surface area contributed by atoms with Crippen LogP contribution in [0.25, 0.3) is 0 Å². The smallest absolute Gasteiger partial charge is 0.338 e. The second kappa shape index (κ2) is 8.91. The molecule has 1 aliphatic heterocycles. The summed E-state index contributed by atoms with van der Waals surface area (Å²) in [5, 5.41) is 5.28. The minimum absolute atomic E-state index is 0.0912. The molecule has 0 bridgehead atoms. The van der Waals surface area contributed by atoms with E-state index in [2.05, 4.69) is 10.5 Å². The average molecular weight is 480 g/mol. The van der Waals surface area contributed by atoms with Crippen molar-refractivity contribution in [3.63, 3.8) is 0 Å². The maximum Gasteiger partial charge on any atom is 0.338 e. The Morgan fingerprint density at radius 3 is 2.41 bits per heavy atom. The summed E-state index contributed by atoms with van der Waals surface area (Å²) in [4.78, 5) is 51.2. The Kier molecular flexibility index (Phi) is 6.21. The van der Waals surface area contributed by atoms with Crippen molar-refractivity contribution < 1.29 is 28.4 Å². The Labute approximate surface area is 192 Å². The number of carbonyl (C=O) groups excluding carboxylic acids is 4. The van der Waals surface area contributed by atoms with Crippen LogP contribution in [0, 0.1) is 18.8 Å². The lowest BCUT2D eigenvalue weighted by Gasteiger charge is -2.28. The minimum atomic E-state index is -0.781. The lowest BCUT2D eigenvalue weighted by molar-refractivity contribution is -0.122. The number of alkyl halides is 2. The van der Waals surface area contributed by atoms with E-state index in [1.54, 1.807) is 13.0 Å². The first-order valence-corrected chi connectivity index (χ1v) is 10.8. The molecule has 4 rings (SSSR count). The molecule has 1 saturated heterocycles. The number of hydrogen-bond donors (Lipinski definition) is 1. The highest BCUT2D eigenvalue weighted by Crippen LogP contribution is 2.43. The molecule has 32 heavy (non-hydrogen) atoms. The molecule has 9 nitrogen and oxygen atoms in total. The van der Waals surface area contributed by atoms with Crippen LogP contribution < -0.4 is 10.2 Å². The molecule has 1 aromatic carbocycles. The number of ether oxygens (including phenoxy) is 1. The van der Waals surface area contributed by atoms with Crippen LogP contribution in [0.1, 0.15) is 29.0 Å². The maximum atomic E-state index is 12.9. The van der Waals surface area contributed by atoms with Gasteiger partial charge in [-0.3, -0.25) is 19.3 Å². The third kappa shape index (κ3) is 4.35. The Morgan fingerprint density at radius 2 is 1.81 bits per heavy atom. The topological polar surface area (TPSA) is 119 Å². The van der Waals surface area contributed by atoms with Crippen LogP contribution in [0.5, 0.6) is 0 Å². The van der Waals surface area contributed by atoms with Gasteiger partial charge in [-0.15, -0.1) is 23.2 Å². The average Bonchev–Trinajstić information content (AvgIpc) is 3.27. The number of benzene rings is 1. The number of nitrogens with zero attached hydrogens (tertiary/aromatic N) is 2. The molecule has 1 saturated carbocycles. The van der Waals surface area contributed by atoms with E-state index in [9.17, 15) is 19.2 Å². The monoisotopic (exact) mass is 479 g/mol. The van der Waals surface area contributed by atoms with Gasteiger partial charge in [-0.25, -0.2) is 4.79 Å². The zero-order valence-corrected chi connectivity index (χ0v) is 18.4.